The van der Waals surface area contributed by atoms with Gasteiger partial charge in [0, 0.05) is 12.6 Å². The van der Waals surface area contributed by atoms with Gasteiger partial charge in [-0.05, 0) is 38.8 Å². The van der Waals surface area contributed by atoms with E-state index in [2.05, 4.69) is 37.7 Å². The van der Waals surface area contributed by atoms with Gasteiger partial charge in [-0.15, -0.1) is 0 Å². The molecule has 1 rings (SSSR count). The molecule has 0 spiro atoms. The zero-order valence-electron chi connectivity index (χ0n) is 10.3. The van der Waals surface area contributed by atoms with Crippen LogP contribution in [0.25, 0.3) is 0 Å². The van der Waals surface area contributed by atoms with Crippen LogP contribution in [-0.2, 0) is 0 Å². The van der Waals surface area contributed by atoms with Crippen LogP contribution < -0.4 is 10.6 Å². The molecule has 0 radical (unpaired) electrons. The molecule has 2 N–H and O–H groups in total. The van der Waals surface area contributed by atoms with E-state index in [0.29, 0.717) is 0 Å². The number of aryl methyl sites for hydroxylation is 1. The van der Waals surface area contributed by atoms with Gasteiger partial charge in [-0.2, -0.15) is 0 Å². The summed E-state index contributed by atoms with van der Waals surface area (Å²) >= 11 is 0. The molecule has 0 aromatic carbocycles. The Morgan fingerprint density at radius 2 is 2.07 bits per heavy atom. The highest BCUT2D eigenvalue weighted by Gasteiger charge is 2.23. The summed E-state index contributed by atoms with van der Waals surface area (Å²) in [5.41, 5.74) is 7.65. The standard InChI is InChI=1S/C12H21N3/c1-6-12(3,4)15(5)11-9(2)7-10(13)8-14-11/h7-8H,6,13H2,1-5H3. The highest BCUT2D eigenvalue weighted by molar-refractivity contribution is 5.53. The third kappa shape index (κ3) is 2.41. The minimum atomic E-state index is 0.119. The van der Waals surface area contributed by atoms with Crippen molar-refractivity contribution in [3.05, 3.63) is 17.8 Å². The summed E-state index contributed by atoms with van der Waals surface area (Å²) in [7, 11) is 2.08. The van der Waals surface area contributed by atoms with Crippen LogP contribution in [0.1, 0.15) is 32.8 Å². The molecule has 0 aliphatic heterocycles. The molecule has 0 atom stereocenters. The first-order chi connectivity index (χ1) is 6.88. The van der Waals surface area contributed by atoms with E-state index in [1.807, 2.05) is 13.0 Å². The van der Waals surface area contributed by atoms with Crippen molar-refractivity contribution in [2.45, 2.75) is 39.7 Å². The van der Waals surface area contributed by atoms with Gasteiger partial charge in [-0.1, -0.05) is 6.92 Å². The first-order valence-electron chi connectivity index (χ1n) is 5.34. The molecule has 15 heavy (non-hydrogen) atoms. The number of nitrogens with two attached hydrogens (primary N) is 1. The van der Waals surface area contributed by atoms with E-state index in [4.69, 9.17) is 5.73 Å². The molecular weight excluding hydrogens is 186 g/mol. The van der Waals surface area contributed by atoms with E-state index < -0.39 is 0 Å². The Morgan fingerprint density at radius 1 is 1.47 bits per heavy atom. The number of nitrogens with zero attached hydrogens (tertiary/aromatic N) is 2. The first-order valence-corrected chi connectivity index (χ1v) is 5.34. The molecule has 0 unspecified atom stereocenters. The van der Waals surface area contributed by atoms with Gasteiger partial charge < -0.3 is 10.6 Å². The molecule has 0 saturated carbocycles. The predicted molar refractivity (Wildman–Crippen MR) is 66.2 cm³/mol. The average Bonchev–Trinajstić information content (AvgIpc) is 2.17. The van der Waals surface area contributed by atoms with Gasteiger partial charge in [0.15, 0.2) is 0 Å². The quantitative estimate of drug-likeness (QED) is 0.828. The molecule has 1 aromatic rings. The largest absolute Gasteiger partial charge is 0.397 e. The van der Waals surface area contributed by atoms with Gasteiger partial charge in [-0.3, -0.25) is 0 Å². The fraction of sp³-hybridized carbons (Fsp3) is 0.583. The Kier molecular flexibility index (Phi) is 3.22. The minimum absolute atomic E-state index is 0.119. The van der Waals surface area contributed by atoms with Crippen LogP contribution in [-0.4, -0.2) is 17.6 Å². The van der Waals surface area contributed by atoms with E-state index in [1.165, 1.54) is 0 Å². The summed E-state index contributed by atoms with van der Waals surface area (Å²) in [5, 5.41) is 0. The normalized spacial score (nSPS) is 11.5. The second-order valence-electron chi connectivity index (χ2n) is 4.63. The lowest BCUT2D eigenvalue weighted by atomic mass is 9.99. The van der Waals surface area contributed by atoms with Crippen molar-refractivity contribution >= 4 is 11.5 Å². The summed E-state index contributed by atoms with van der Waals surface area (Å²) in [6, 6.07) is 1.96. The molecule has 0 bridgehead atoms. The lowest BCUT2D eigenvalue weighted by molar-refractivity contribution is 0.466. The Labute approximate surface area is 92.3 Å². The highest BCUT2D eigenvalue weighted by atomic mass is 15.2. The smallest absolute Gasteiger partial charge is 0.131 e. The molecule has 3 heteroatoms. The number of nitrogen functional groups attached to an aromatic ring is 1. The van der Waals surface area contributed by atoms with Crippen molar-refractivity contribution in [1.82, 2.24) is 4.98 Å². The van der Waals surface area contributed by atoms with Crippen molar-refractivity contribution in [3.63, 3.8) is 0 Å². The molecule has 1 heterocycles. The zero-order valence-corrected chi connectivity index (χ0v) is 10.3. The van der Waals surface area contributed by atoms with E-state index in [-0.39, 0.29) is 5.54 Å². The average molecular weight is 207 g/mol. The zero-order chi connectivity index (χ0) is 11.6. The summed E-state index contributed by atoms with van der Waals surface area (Å²) in [6.07, 6.45) is 2.79. The summed E-state index contributed by atoms with van der Waals surface area (Å²) in [5.74, 6) is 1.01. The molecule has 0 aliphatic rings. The summed E-state index contributed by atoms with van der Waals surface area (Å²) in [6.45, 7) is 8.65. The second-order valence-corrected chi connectivity index (χ2v) is 4.63. The van der Waals surface area contributed by atoms with Crippen LogP contribution in [0.2, 0.25) is 0 Å². The number of anilines is 2. The Morgan fingerprint density at radius 3 is 2.53 bits per heavy atom. The maximum absolute atomic E-state index is 5.69. The predicted octanol–water partition coefficient (Wildman–Crippen LogP) is 2.60. The van der Waals surface area contributed by atoms with E-state index in [0.717, 1.165) is 23.5 Å². The van der Waals surface area contributed by atoms with Crippen LogP contribution in [0.5, 0.6) is 0 Å². The van der Waals surface area contributed by atoms with Gasteiger partial charge >= 0.3 is 0 Å². The number of aromatic nitrogens is 1. The third-order valence-electron chi connectivity index (χ3n) is 3.16. The number of hydrogen-bond acceptors (Lipinski definition) is 3. The van der Waals surface area contributed by atoms with Crippen molar-refractivity contribution in [3.8, 4) is 0 Å². The van der Waals surface area contributed by atoms with Crippen molar-refractivity contribution in [2.24, 2.45) is 0 Å². The van der Waals surface area contributed by atoms with Crippen molar-refractivity contribution in [1.29, 1.82) is 0 Å². The maximum Gasteiger partial charge on any atom is 0.131 e. The Balaban J connectivity index is 3.06. The second kappa shape index (κ2) is 4.09. The fourth-order valence-corrected chi connectivity index (χ4v) is 1.46. The molecule has 0 saturated heterocycles. The number of hydrogen-bond donors (Lipinski definition) is 1. The lowest BCUT2D eigenvalue weighted by Gasteiger charge is -2.36. The Bertz CT molecular complexity index is 345. The molecule has 0 aliphatic carbocycles. The SMILES string of the molecule is CCC(C)(C)N(C)c1ncc(N)cc1C. The third-order valence-corrected chi connectivity index (χ3v) is 3.16. The summed E-state index contributed by atoms with van der Waals surface area (Å²) < 4.78 is 0. The van der Waals surface area contributed by atoms with Crippen LogP contribution in [0, 0.1) is 6.92 Å². The van der Waals surface area contributed by atoms with E-state index >= 15 is 0 Å². The first kappa shape index (κ1) is 11.8. The Hall–Kier alpha value is -1.25. The highest BCUT2D eigenvalue weighted by Crippen LogP contribution is 2.26. The minimum Gasteiger partial charge on any atom is -0.397 e. The molecule has 0 amide bonds. The van der Waals surface area contributed by atoms with Gasteiger partial charge in [0.1, 0.15) is 5.82 Å². The van der Waals surface area contributed by atoms with Crippen LogP contribution >= 0.6 is 0 Å². The van der Waals surface area contributed by atoms with Crippen LogP contribution in [0.4, 0.5) is 11.5 Å². The number of pyridine rings is 1. The molecule has 0 fully saturated rings. The molecule has 3 nitrogen and oxygen atoms in total. The van der Waals surface area contributed by atoms with Gasteiger partial charge in [0.25, 0.3) is 0 Å². The molecule has 1 aromatic heterocycles. The lowest BCUT2D eigenvalue weighted by Crippen LogP contribution is -2.41. The van der Waals surface area contributed by atoms with Crippen molar-refractivity contribution < 1.29 is 0 Å². The van der Waals surface area contributed by atoms with Crippen LogP contribution in [0.3, 0.4) is 0 Å². The summed E-state index contributed by atoms with van der Waals surface area (Å²) in [4.78, 5) is 6.60. The number of rotatable bonds is 3. The molecular formula is C12H21N3. The molecule has 84 valence electrons. The van der Waals surface area contributed by atoms with E-state index in [1.54, 1.807) is 6.20 Å². The van der Waals surface area contributed by atoms with Gasteiger partial charge in [-0.25, -0.2) is 4.98 Å². The van der Waals surface area contributed by atoms with Gasteiger partial charge in [0.05, 0.1) is 11.9 Å². The van der Waals surface area contributed by atoms with Gasteiger partial charge in [0.2, 0.25) is 0 Å². The van der Waals surface area contributed by atoms with Crippen molar-refractivity contribution in [2.75, 3.05) is 17.7 Å². The fourth-order valence-electron chi connectivity index (χ4n) is 1.46. The maximum atomic E-state index is 5.69. The topological polar surface area (TPSA) is 42.2 Å². The monoisotopic (exact) mass is 207 g/mol. The van der Waals surface area contributed by atoms with E-state index in [9.17, 15) is 0 Å². The van der Waals surface area contributed by atoms with Crippen LogP contribution in [0.15, 0.2) is 12.3 Å².